The highest BCUT2D eigenvalue weighted by Gasteiger charge is 2.36. The Morgan fingerprint density at radius 2 is 1.60 bits per heavy atom. The number of aromatic nitrogens is 2. The standard InChI is InChI=1S/C15H18N2O3/c1-7(2)11-13(15(19)20-14(11)18)8(3)12-9(4)16-17(6)10(12)5/h1-6H3/b13-8+. The molecule has 0 radical (unpaired) electrons. The van der Waals surface area contributed by atoms with Crippen LogP contribution in [0.25, 0.3) is 5.57 Å². The summed E-state index contributed by atoms with van der Waals surface area (Å²) in [6.07, 6.45) is 0. The summed E-state index contributed by atoms with van der Waals surface area (Å²) in [6, 6.07) is 0. The zero-order valence-electron chi connectivity index (χ0n) is 12.6. The van der Waals surface area contributed by atoms with E-state index in [0.29, 0.717) is 11.1 Å². The first-order valence-electron chi connectivity index (χ1n) is 6.41. The minimum atomic E-state index is -0.577. The van der Waals surface area contributed by atoms with Gasteiger partial charge in [-0.05, 0) is 40.2 Å². The average Bonchev–Trinajstić information content (AvgIpc) is 2.76. The second-order valence-electron chi connectivity index (χ2n) is 5.22. The van der Waals surface area contributed by atoms with Crippen molar-refractivity contribution in [3.63, 3.8) is 0 Å². The normalized spacial score (nSPS) is 17.6. The number of ether oxygens (including phenoxy) is 1. The zero-order chi connectivity index (χ0) is 15.2. The molecule has 0 spiro atoms. The molecule has 5 heteroatoms. The Hall–Kier alpha value is -2.17. The minimum Gasteiger partial charge on any atom is -0.386 e. The minimum absolute atomic E-state index is 0.356. The molecule has 0 N–H and O–H groups in total. The summed E-state index contributed by atoms with van der Waals surface area (Å²) in [5.74, 6) is -1.14. The van der Waals surface area contributed by atoms with Gasteiger partial charge in [-0.25, -0.2) is 9.59 Å². The topological polar surface area (TPSA) is 61.2 Å². The molecule has 1 aromatic heterocycles. The molecule has 1 aromatic rings. The van der Waals surface area contributed by atoms with Gasteiger partial charge in [0.15, 0.2) is 0 Å². The molecule has 20 heavy (non-hydrogen) atoms. The summed E-state index contributed by atoms with van der Waals surface area (Å²) in [6.45, 7) is 9.24. The zero-order valence-corrected chi connectivity index (χ0v) is 12.6. The predicted molar refractivity (Wildman–Crippen MR) is 74.7 cm³/mol. The number of hydrogen-bond donors (Lipinski definition) is 0. The average molecular weight is 274 g/mol. The van der Waals surface area contributed by atoms with Crippen molar-refractivity contribution in [3.8, 4) is 0 Å². The fraction of sp³-hybridized carbons (Fsp3) is 0.400. The van der Waals surface area contributed by atoms with Crippen molar-refractivity contribution in [1.82, 2.24) is 9.78 Å². The number of aryl methyl sites for hydroxylation is 2. The van der Waals surface area contributed by atoms with E-state index >= 15 is 0 Å². The molecule has 0 aliphatic carbocycles. The van der Waals surface area contributed by atoms with Crippen LogP contribution in [0.3, 0.4) is 0 Å². The molecule has 5 nitrogen and oxygen atoms in total. The summed E-state index contributed by atoms with van der Waals surface area (Å²) in [5.41, 5.74) is 4.91. The van der Waals surface area contributed by atoms with E-state index in [9.17, 15) is 9.59 Å². The third-order valence-electron chi connectivity index (χ3n) is 3.60. The van der Waals surface area contributed by atoms with Crippen LogP contribution in [0.4, 0.5) is 0 Å². The molecule has 0 amide bonds. The van der Waals surface area contributed by atoms with Gasteiger partial charge in [0.25, 0.3) is 0 Å². The summed E-state index contributed by atoms with van der Waals surface area (Å²) in [7, 11) is 1.85. The Morgan fingerprint density at radius 3 is 2.05 bits per heavy atom. The Morgan fingerprint density at radius 1 is 1.05 bits per heavy atom. The Bertz CT molecular complexity index is 686. The molecule has 0 atom stereocenters. The first kappa shape index (κ1) is 14.2. The van der Waals surface area contributed by atoms with Crippen molar-refractivity contribution in [2.24, 2.45) is 7.05 Å². The maximum Gasteiger partial charge on any atom is 0.347 e. The van der Waals surface area contributed by atoms with E-state index in [-0.39, 0.29) is 0 Å². The van der Waals surface area contributed by atoms with E-state index in [1.54, 1.807) is 18.5 Å². The smallest absolute Gasteiger partial charge is 0.347 e. The van der Waals surface area contributed by atoms with E-state index in [4.69, 9.17) is 4.74 Å². The van der Waals surface area contributed by atoms with Crippen molar-refractivity contribution >= 4 is 17.5 Å². The quantitative estimate of drug-likeness (QED) is 0.447. The van der Waals surface area contributed by atoms with Crippen LogP contribution in [0.2, 0.25) is 0 Å². The lowest BCUT2D eigenvalue weighted by molar-refractivity contribution is -0.149. The van der Waals surface area contributed by atoms with E-state index in [1.165, 1.54) is 0 Å². The highest BCUT2D eigenvalue weighted by molar-refractivity contribution is 6.22. The van der Waals surface area contributed by atoms with Gasteiger partial charge in [0.05, 0.1) is 16.8 Å². The van der Waals surface area contributed by atoms with Crippen LogP contribution in [0.1, 0.15) is 37.7 Å². The summed E-state index contributed by atoms with van der Waals surface area (Å²) < 4.78 is 6.52. The molecule has 2 rings (SSSR count). The van der Waals surface area contributed by atoms with Crippen LogP contribution in [0, 0.1) is 13.8 Å². The molecule has 0 unspecified atom stereocenters. The number of hydrogen-bond acceptors (Lipinski definition) is 4. The molecule has 1 aliphatic heterocycles. The maximum atomic E-state index is 12.0. The second kappa shape index (κ2) is 4.74. The molecule has 1 aliphatic rings. The molecule has 2 heterocycles. The van der Waals surface area contributed by atoms with Gasteiger partial charge in [-0.2, -0.15) is 5.10 Å². The predicted octanol–water partition coefficient (Wildman–Crippen LogP) is 2.23. The lowest BCUT2D eigenvalue weighted by atomic mass is 9.94. The lowest BCUT2D eigenvalue weighted by Crippen LogP contribution is -2.01. The van der Waals surface area contributed by atoms with Crippen molar-refractivity contribution in [1.29, 1.82) is 0 Å². The first-order chi connectivity index (χ1) is 9.25. The second-order valence-corrected chi connectivity index (χ2v) is 5.22. The van der Waals surface area contributed by atoms with E-state index in [0.717, 1.165) is 28.1 Å². The van der Waals surface area contributed by atoms with E-state index in [2.05, 4.69) is 5.10 Å². The molecule has 106 valence electrons. The van der Waals surface area contributed by atoms with Gasteiger partial charge >= 0.3 is 11.9 Å². The van der Waals surface area contributed by atoms with Gasteiger partial charge < -0.3 is 4.74 Å². The fourth-order valence-corrected chi connectivity index (χ4v) is 2.63. The number of nitrogens with zero attached hydrogens (tertiary/aromatic N) is 2. The highest BCUT2D eigenvalue weighted by atomic mass is 16.6. The van der Waals surface area contributed by atoms with Crippen LogP contribution < -0.4 is 0 Å². The van der Waals surface area contributed by atoms with E-state index < -0.39 is 11.9 Å². The number of carbonyl (C=O) groups excluding carboxylic acids is 2. The maximum absolute atomic E-state index is 12.0. The summed E-state index contributed by atoms with van der Waals surface area (Å²) in [4.78, 5) is 23.8. The molecule has 0 saturated carbocycles. The molecular formula is C15H18N2O3. The Balaban J connectivity index is 2.76. The number of esters is 2. The molecular weight excluding hydrogens is 256 g/mol. The molecule has 0 bridgehead atoms. The first-order valence-corrected chi connectivity index (χ1v) is 6.41. The number of carbonyl (C=O) groups is 2. The largest absolute Gasteiger partial charge is 0.386 e. The summed E-state index contributed by atoms with van der Waals surface area (Å²) >= 11 is 0. The van der Waals surface area contributed by atoms with Crippen LogP contribution in [-0.2, 0) is 21.4 Å². The van der Waals surface area contributed by atoms with Crippen LogP contribution in [0.5, 0.6) is 0 Å². The summed E-state index contributed by atoms with van der Waals surface area (Å²) in [5, 5.41) is 4.35. The van der Waals surface area contributed by atoms with Crippen LogP contribution >= 0.6 is 0 Å². The van der Waals surface area contributed by atoms with Gasteiger partial charge in [-0.3, -0.25) is 4.68 Å². The van der Waals surface area contributed by atoms with Crippen molar-refractivity contribution in [2.45, 2.75) is 34.6 Å². The monoisotopic (exact) mass is 274 g/mol. The molecule has 1 fully saturated rings. The number of rotatable bonds is 1. The SMILES string of the molecule is CC(C)=C1C(=O)OC(=O)/C1=C(\C)c1c(C)nn(C)c1C. The highest BCUT2D eigenvalue weighted by Crippen LogP contribution is 2.34. The van der Waals surface area contributed by atoms with Gasteiger partial charge in [0.1, 0.15) is 0 Å². The van der Waals surface area contributed by atoms with Crippen molar-refractivity contribution in [2.75, 3.05) is 0 Å². The molecule has 0 aromatic carbocycles. The Kier molecular flexibility index (Phi) is 3.38. The van der Waals surface area contributed by atoms with Gasteiger partial charge in [-0.15, -0.1) is 0 Å². The fourth-order valence-electron chi connectivity index (χ4n) is 2.63. The number of allylic oxidation sites excluding steroid dienone is 2. The van der Waals surface area contributed by atoms with Crippen molar-refractivity contribution < 1.29 is 14.3 Å². The van der Waals surface area contributed by atoms with E-state index in [1.807, 2.05) is 27.8 Å². The third-order valence-corrected chi connectivity index (χ3v) is 3.60. The lowest BCUT2D eigenvalue weighted by Gasteiger charge is -2.06. The van der Waals surface area contributed by atoms with Crippen LogP contribution in [-0.4, -0.2) is 21.7 Å². The Labute approximate surface area is 117 Å². The van der Waals surface area contributed by atoms with Crippen LogP contribution in [0.15, 0.2) is 16.7 Å². The van der Waals surface area contributed by atoms with Crippen molar-refractivity contribution in [3.05, 3.63) is 33.7 Å². The number of cyclic esters (lactones) is 2. The van der Waals surface area contributed by atoms with Gasteiger partial charge in [0.2, 0.25) is 0 Å². The van der Waals surface area contributed by atoms with Gasteiger partial charge in [-0.1, -0.05) is 5.57 Å². The van der Waals surface area contributed by atoms with Gasteiger partial charge in [0, 0.05) is 18.3 Å². The molecule has 1 saturated heterocycles. The third kappa shape index (κ3) is 1.99.